The molecule has 1 aromatic rings. The summed E-state index contributed by atoms with van der Waals surface area (Å²) in [5, 5.41) is 0. The van der Waals surface area contributed by atoms with Crippen LogP contribution in [-0.4, -0.2) is 60.4 Å². The molecule has 1 aromatic carbocycles. The number of thiol groups is 3. The first-order chi connectivity index (χ1) is 11.6. The van der Waals surface area contributed by atoms with Crippen LogP contribution >= 0.6 is 49.6 Å². The van der Waals surface area contributed by atoms with Gasteiger partial charge in [0.25, 0.3) is 0 Å². The normalized spacial score (nSPS) is 9.62. The van der Waals surface area contributed by atoms with Gasteiger partial charge in [-0.1, -0.05) is 0 Å². The molecule has 0 unspecified atom stereocenters. The molecule has 3 nitrogen and oxygen atoms in total. The second-order valence-electron chi connectivity index (χ2n) is 5.10. The first-order valence-corrected chi connectivity index (χ1v) is 11.2. The number of nitrogens with zero attached hydrogens (tertiary/aromatic N) is 1. The standard InChI is InChI=1S/C13H20FNOS.C4H10S3.O.Re/c1-15(9-3-11-17)8-2-10-16-13-6-4-12(14)5-7-13;5-1-3-7-4-2-6;;/h4-7,17H,2-3,8-11H2,1H3;5-6H,1-4H2;;/q;;-2;. The summed E-state index contributed by atoms with van der Waals surface area (Å²) in [5.74, 6) is 5.70. The summed E-state index contributed by atoms with van der Waals surface area (Å²) in [6, 6.07) is 6.13. The molecule has 1 rings (SSSR count). The fourth-order valence-electron chi connectivity index (χ4n) is 1.74. The Hall–Kier alpha value is 0.932. The molecule has 0 saturated heterocycles. The molecule has 0 heterocycles. The molecule has 0 aliphatic heterocycles. The van der Waals surface area contributed by atoms with Gasteiger partial charge in [-0.05, 0) is 68.0 Å². The van der Waals surface area contributed by atoms with E-state index in [-0.39, 0.29) is 31.7 Å². The van der Waals surface area contributed by atoms with E-state index in [2.05, 4.69) is 49.8 Å². The van der Waals surface area contributed by atoms with Gasteiger partial charge in [0.05, 0.1) is 6.61 Å². The van der Waals surface area contributed by atoms with Crippen LogP contribution in [0, 0.1) is 5.82 Å². The van der Waals surface area contributed by atoms with E-state index in [1.807, 2.05) is 11.8 Å². The van der Waals surface area contributed by atoms with Crippen molar-refractivity contribution in [3.63, 3.8) is 0 Å². The molecular weight excluding hydrogens is 584 g/mol. The molecule has 0 bridgehead atoms. The zero-order valence-electron chi connectivity index (χ0n) is 15.1. The van der Waals surface area contributed by atoms with Crippen LogP contribution in [0.25, 0.3) is 0 Å². The van der Waals surface area contributed by atoms with Crippen LogP contribution < -0.4 is 4.74 Å². The number of benzene rings is 1. The van der Waals surface area contributed by atoms with Crippen LogP contribution in [0.4, 0.5) is 4.39 Å². The quantitative estimate of drug-likeness (QED) is 0.243. The van der Waals surface area contributed by atoms with Crippen LogP contribution in [0.2, 0.25) is 0 Å². The minimum atomic E-state index is -0.233. The van der Waals surface area contributed by atoms with Crippen molar-refractivity contribution in [1.29, 1.82) is 0 Å². The largest absolute Gasteiger partial charge is 2.00 e. The van der Waals surface area contributed by atoms with Gasteiger partial charge in [0.1, 0.15) is 11.6 Å². The molecule has 0 aliphatic rings. The first kappa shape index (κ1) is 31.6. The SMILES string of the molecule is CN(CCCS)CCCOc1ccc(F)cc1.SCCSCCS.[O-2].[Re]. The molecule has 1 radical (unpaired) electrons. The number of hydrogen-bond acceptors (Lipinski definition) is 6. The molecule has 0 N–H and O–H groups in total. The number of thioether (sulfide) groups is 1. The molecule has 155 valence electrons. The Morgan fingerprint density at radius 1 is 0.962 bits per heavy atom. The predicted octanol–water partition coefficient (Wildman–Crippen LogP) is 4.30. The van der Waals surface area contributed by atoms with E-state index >= 15 is 0 Å². The van der Waals surface area contributed by atoms with Gasteiger partial charge < -0.3 is 15.1 Å². The maximum atomic E-state index is 12.6. The van der Waals surface area contributed by atoms with Crippen molar-refractivity contribution >= 4 is 49.6 Å². The molecule has 0 aromatic heterocycles. The van der Waals surface area contributed by atoms with Gasteiger partial charge in [-0.2, -0.15) is 49.6 Å². The van der Waals surface area contributed by atoms with Gasteiger partial charge in [0.15, 0.2) is 0 Å². The van der Waals surface area contributed by atoms with Gasteiger partial charge in [-0.3, -0.25) is 0 Å². The van der Waals surface area contributed by atoms with Crippen molar-refractivity contribution in [2.75, 3.05) is 55.5 Å². The van der Waals surface area contributed by atoms with Crippen molar-refractivity contribution in [3.8, 4) is 5.75 Å². The molecule has 0 amide bonds. The van der Waals surface area contributed by atoms with E-state index in [0.717, 1.165) is 60.4 Å². The Balaban J connectivity index is -0.000000507. The predicted molar refractivity (Wildman–Crippen MR) is 118 cm³/mol. The summed E-state index contributed by atoms with van der Waals surface area (Å²) < 4.78 is 18.1. The van der Waals surface area contributed by atoms with E-state index in [9.17, 15) is 4.39 Å². The number of rotatable bonds is 12. The number of hydrogen-bond donors (Lipinski definition) is 3. The van der Waals surface area contributed by atoms with Crippen LogP contribution in [-0.2, 0) is 25.9 Å². The molecule has 9 heteroatoms. The summed E-state index contributed by atoms with van der Waals surface area (Å²) in [7, 11) is 2.10. The zero-order valence-corrected chi connectivity index (χ0v) is 21.4. The molecule has 0 saturated carbocycles. The van der Waals surface area contributed by atoms with Gasteiger partial charge in [-0.15, -0.1) is 0 Å². The molecule has 0 fully saturated rings. The van der Waals surface area contributed by atoms with Crippen molar-refractivity contribution in [2.24, 2.45) is 0 Å². The number of ether oxygens (including phenoxy) is 1. The average Bonchev–Trinajstić information content (AvgIpc) is 2.59. The topological polar surface area (TPSA) is 41.0 Å². The van der Waals surface area contributed by atoms with Crippen molar-refractivity contribution in [1.82, 2.24) is 4.90 Å². The van der Waals surface area contributed by atoms with E-state index in [4.69, 9.17) is 4.74 Å². The summed E-state index contributed by atoms with van der Waals surface area (Å²) >= 11 is 14.2. The van der Waals surface area contributed by atoms with Crippen molar-refractivity contribution in [3.05, 3.63) is 30.1 Å². The molecule has 0 atom stereocenters. The third kappa shape index (κ3) is 21.2. The monoisotopic (exact) mass is 614 g/mol. The van der Waals surface area contributed by atoms with E-state index in [1.54, 1.807) is 12.1 Å². The Bertz CT molecular complexity index is 388. The maximum absolute atomic E-state index is 12.6. The number of halogens is 1. The second-order valence-corrected chi connectivity index (χ2v) is 7.66. The third-order valence-electron chi connectivity index (χ3n) is 2.94. The van der Waals surface area contributed by atoms with Crippen LogP contribution in [0.3, 0.4) is 0 Å². The van der Waals surface area contributed by atoms with Gasteiger partial charge in [-0.25, -0.2) is 4.39 Å². The first-order valence-electron chi connectivity index (χ1n) is 8.11. The second kappa shape index (κ2) is 24.0. The van der Waals surface area contributed by atoms with Gasteiger partial charge in [0.2, 0.25) is 0 Å². The Morgan fingerprint density at radius 2 is 1.50 bits per heavy atom. The summed E-state index contributed by atoms with van der Waals surface area (Å²) in [5.41, 5.74) is 0. The maximum Gasteiger partial charge on any atom is 0.123 e. The van der Waals surface area contributed by atoms with Crippen LogP contribution in [0.1, 0.15) is 12.8 Å². The Kier molecular flexibility index (Phi) is 29.2. The summed E-state index contributed by atoms with van der Waals surface area (Å²) in [6.07, 6.45) is 2.08. The zero-order chi connectivity index (χ0) is 18.0. The Morgan fingerprint density at radius 3 is 2.00 bits per heavy atom. The molecule has 0 aliphatic carbocycles. The minimum absolute atomic E-state index is 0. The fourth-order valence-corrected chi connectivity index (χ4v) is 3.12. The van der Waals surface area contributed by atoms with Gasteiger partial charge >= 0.3 is 0 Å². The summed E-state index contributed by atoms with van der Waals surface area (Å²) in [4.78, 5) is 2.27. The molecular formula is C17H30FNO2ReS4-2. The van der Waals surface area contributed by atoms with Crippen molar-refractivity contribution in [2.45, 2.75) is 12.8 Å². The van der Waals surface area contributed by atoms with E-state index in [1.165, 1.54) is 12.1 Å². The fraction of sp³-hybridized carbons (Fsp3) is 0.647. The van der Waals surface area contributed by atoms with Crippen LogP contribution in [0.5, 0.6) is 5.75 Å². The minimum Gasteiger partial charge on any atom is -2.00 e. The average molecular weight is 614 g/mol. The van der Waals surface area contributed by atoms with Crippen LogP contribution in [0.15, 0.2) is 24.3 Å². The molecule has 0 spiro atoms. The third-order valence-corrected chi connectivity index (χ3v) is 5.29. The smallest absolute Gasteiger partial charge is 0.123 e. The van der Waals surface area contributed by atoms with Crippen molar-refractivity contribution < 1.29 is 35.0 Å². The summed E-state index contributed by atoms with van der Waals surface area (Å²) in [6.45, 7) is 2.74. The molecule has 26 heavy (non-hydrogen) atoms. The van der Waals surface area contributed by atoms with Gasteiger partial charge in [0, 0.05) is 38.5 Å². The Labute approximate surface area is 192 Å². The van der Waals surface area contributed by atoms with E-state index < -0.39 is 0 Å². The van der Waals surface area contributed by atoms with E-state index in [0.29, 0.717) is 6.61 Å².